The highest BCUT2D eigenvalue weighted by molar-refractivity contribution is 5.91. The Morgan fingerprint density at radius 2 is 2.21 bits per heavy atom. The largest absolute Gasteiger partial charge is 0.383 e. The second kappa shape index (κ2) is 5.15. The molecule has 7 heteroatoms. The molecule has 0 bridgehead atoms. The van der Waals surface area contributed by atoms with Gasteiger partial charge in [0.15, 0.2) is 6.29 Å². The summed E-state index contributed by atoms with van der Waals surface area (Å²) in [6.07, 6.45) is 0.453. The number of rotatable bonds is 4. The first-order chi connectivity index (χ1) is 9.08. The van der Waals surface area contributed by atoms with Crippen molar-refractivity contribution in [3.05, 3.63) is 35.4 Å². The van der Waals surface area contributed by atoms with Gasteiger partial charge in [-0.05, 0) is 18.2 Å². The summed E-state index contributed by atoms with van der Waals surface area (Å²) in [5.41, 5.74) is 5.57. The first kappa shape index (κ1) is 13.2. The first-order valence-corrected chi connectivity index (χ1v) is 5.34. The maximum absolute atomic E-state index is 13.7. The van der Waals surface area contributed by atoms with Gasteiger partial charge in [0.2, 0.25) is 0 Å². The van der Waals surface area contributed by atoms with Crippen molar-refractivity contribution in [2.24, 2.45) is 0 Å². The number of methoxy groups -OCH3 is 1. The third kappa shape index (κ3) is 2.32. The molecule has 0 fully saturated rings. The smallest absolute Gasteiger partial charge is 0.156 e. The number of nitrogens with zero attached hydrogens (tertiary/aromatic N) is 2. The number of carbonyl (C=O) groups excluding carboxylic acids is 1. The van der Waals surface area contributed by atoms with E-state index in [2.05, 4.69) is 5.10 Å². The quantitative estimate of drug-likeness (QED) is 0.858. The second-order valence-electron chi connectivity index (χ2n) is 3.81. The molecule has 0 radical (unpaired) electrons. The summed E-state index contributed by atoms with van der Waals surface area (Å²) in [6.45, 7) is 0.00358. The molecule has 0 aliphatic carbocycles. The SMILES string of the molecule is COCn1nc(-c2cc(F)ccc2F)c(C=O)c1N. The molecule has 2 rings (SSSR count). The monoisotopic (exact) mass is 267 g/mol. The summed E-state index contributed by atoms with van der Waals surface area (Å²) in [6, 6.07) is 2.90. The van der Waals surface area contributed by atoms with Crippen LogP contribution in [0.3, 0.4) is 0 Å². The van der Waals surface area contributed by atoms with Crippen molar-refractivity contribution in [2.75, 3.05) is 12.8 Å². The lowest BCUT2D eigenvalue weighted by Gasteiger charge is -2.01. The Morgan fingerprint density at radius 1 is 1.47 bits per heavy atom. The molecule has 0 aliphatic rings. The normalized spacial score (nSPS) is 10.7. The Kier molecular flexibility index (Phi) is 3.57. The fourth-order valence-electron chi connectivity index (χ4n) is 1.70. The molecule has 0 unspecified atom stereocenters. The van der Waals surface area contributed by atoms with Crippen molar-refractivity contribution in [3.8, 4) is 11.3 Å². The van der Waals surface area contributed by atoms with Crippen LogP contribution in [-0.2, 0) is 11.5 Å². The van der Waals surface area contributed by atoms with Gasteiger partial charge in [0.1, 0.15) is 29.9 Å². The van der Waals surface area contributed by atoms with Crippen LogP contribution < -0.4 is 5.73 Å². The molecule has 0 atom stereocenters. The number of carbonyl (C=O) groups is 1. The van der Waals surface area contributed by atoms with Crippen molar-refractivity contribution in [1.29, 1.82) is 0 Å². The van der Waals surface area contributed by atoms with E-state index in [9.17, 15) is 13.6 Å². The van der Waals surface area contributed by atoms with Gasteiger partial charge in [-0.1, -0.05) is 0 Å². The van der Waals surface area contributed by atoms with E-state index in [1.165, 1.54) is 11.8 Å². The number of ether oxygens (including phenoxy) is 1. The Balaban J connectivity index is 2.64. The van der Waals surface area contributed by atoms with E-state index in [4.69, 9.17) is 10.5 Å². The minimum absolute atomic E-state index is 0.00144. The summed E-state index contributed by atoms with van der Waals surface area (Å²) in [5, 5.41) is 3.97. The summed E-state index contributed by atoms with van der Waals surface area (Å²) in [5.74, 6) is -1.28. The van der Waals surface area contributed by atoms with Crippen molar-refractivity contribution in [1.82, 2.24) is 9.78 Å². The van der Waals surface area contributed by atoms with E-state index in [1.54, 1.807) is 0 Å². The van der Waals surface area contributed by atoms with Gasteiger partial charge in [0.25, 0.3) is 0 Å². The molecule has 5 nitrogen and oxygen atoms in total. The highest BCUT2D eigenvalue weighted by Crippen LogP contribution is 2.28. The highest BCUT2D eigenvalue weighted by atomic mass is 19.1. The van der Waals surface area contributed by atoms with Crippen molar-refractivity contribution in [2.45, 2.75) is 6.73 Å². The number of hydrogen-bond donors (Lipinski definition) is 1. The van der Waals surface area contributed by atoms with Gasteiger partial charge >= 0.3 is 0 Å². The van der Waals surface area contributed by atoms with Gasteiger partial charge < -0.3 is 10.5 Å². The van der Waals surface area contributed by atoms with Gasteiger partial charge in [0, 0.05) is 12.7 Å². The molecule has 0 saturated heterocycles. The van der Waals surface area contributed by atoms with Crippen LogP contribution in [0, 0.1) is 11.6 Å². The number of benzene rings is 1. The number of nitrogens with two attached hydrogens (primary N) is 1. The number of halogens is 2. The molecule has 0 saturated carbocycles. The zero-order chi connectivity index (χ0) is 14.0. The maximum atomic E-state index is 13.7. The molecule has 19 heavy (non-hydrogen) atoms. The fourth-order valence-corrected chi connectivity index (χ4v) is 1.70. The number of aldehydes is 1. The first-order valence-electron chi connectivity index (χ1n) is 5.34. The van der Waals surface area contributed by atoms with E-state index in [0.29, 0.717) is 6.29 Å². The van der Waals surface area contributed by atoms with Crippen LogP contribution in [0.4, 0.5) is 14.6 Å². The predicted molar refractivity (Wildman–Crippen MR) is 64.4 cm³/mol. The Morgan fingerprint density at radius 3 is 2.84 bits per heavy atom. The average molecular weight is 267 g/mol. The zero-order valence-electron chi connectivity index (χ0n) is 10.1. The number of nitrogen functional groups attached to an aromatic ring is 1. The van der Waals surface area contributed by atoms with E-state index in [1.807, 2.05) is 0 Å². The van der Waals surface area contributed by atoms with Gasteiger partial charge in [-0.3, -0.25) is 4.79 Å². The second-order valence-corrected chi connectivity index (χ2v) is 3.81. The summed E-state index contributed by atoms with van der Waals surface area (Å²) in [7, 11) is 1.42. The molecule has 0 amide bonds. The third-order valence-corrected chi connectivity index (χ3v) is 2.58. The number of anilines is 1. The third-order valence-electron chi connectivity index (χ3n) is 2.58. The molecule has 2 aromatic rings. The van der Waals surface area contributed by atoms with Crippen LogP contribution in [0.15, 0.2) is 18.2 Å². The van der Waals surface area contributed by atoms with E-state index in [-0.39, 0.29) is 29.4 Å². The lowest BCUT2D eigenvalue weighted by atomic mass is 10.1. The molecule has 2 N–H and O–H groups in total. The van der Waals surface area contributed by atoms with E-state index in [0.717, 1.165) is 18.2 Å². The molecule has 0 spiro atoms. The summed E-state index contributed by atoms with van der Waals surface area (Å²) < 4.78 is 32.9. The molecule has 1 aromatic carbocycles. The predicted octanol–water partition coefficient (Wildman–Crippen LogP) is 1.83. The van der Waals surface area contributed by atoms with Crippen LogP contribution >= 0.6 is 0 Å². The minimum atomic E-state index is -0.688. The van der Waals surface area contributed by atoms with Crippen LogP contribution in [0.25, 0.3) is 11.3 Å². The molecular weight excluding hydrogens is 256 g/mol. The lowest BCUT2D eigenvalue weighted by molar-refractivity contribution is 0.112. The molecule has 100 valence electrons. The van der Waals surface area contributed by atoms with E-state index >= 15 is 0 Å². The standard InChI is InChI=1S/C12H11F2N3O2/c1-19-6-17-12(15)9(5-18)11(16-17)8-4-7(13)2-3-10(8)14/h2-5H,6,15H2,1H3. The maximum Gasteiger partial charge on any atom is 0.156 e. The number of aromatic nitrogens is 2. The summed E-state index contributed by atoms with van der Waals surface area (Å²) in [4.78, 5) is 11.0. The van der Waals surface area contributed by atoms with Crippen LogP contribution in [0.1, 0.15) is 10.4 Å². The Bertz CT molecular complexity index is 626. The van der Waals surface area contributed by atoms with Gasteiger partial charge in [-0.25, -0.2) is 13.5 Å². The van der Waals surface area contributed by atoms with Gasteiger partial charge in [-0.15, -0.1) is 0 Å². The van der Waals surface area contributed by atoms with Gasteiger partial charge in [0.05, 0.1) is 5.56 Å². The Labute approximate surface area is 107 Å². The topological polar surface area (TPSA) is 70.1 Å². The van der Waals surface area contributed by atoms with Crippen molar-refractivity contribution in [3.63, 3.8) is 0 Å². The van der Waals surface area contributed by atoms with Crippen molar-refractivity contribution >= 4 is 12.1 Å². The average Bonchev–Trinajstić information content (AvgIpc) is 2.70. The van der Waals surface area contributed by atoms with Crippen LogP contribution in [0.2, 0.25) is 0 Å². The highest BCUT2D eigenvalue weighted by Gasteiger charge is 2.19. The fraction of sp³-hybridized carbons (Fsp3) is 0.167. The Hall–Kier alpha value is -2.28. The molecule has 0 aliphatic heterocycles. The number of hydrogen-bond acceptors (Lipinski definition) is 4. The van der Waals surface area contributed by atoms with Crippen molar-refractivity contribution < 1.29 is 18.3 Å². The van der Waals surface area contributed by atoms with Gasteiger partial charge in [-0.2, -0.15) is 5.10 Å². The molecular formula is C12H11F2N3O2. The zero-order valence-corrected chi connectivity index (χ0v) is 10.1. The summed E-state index contributed by atoms with van der Waals surface area (Å²) >= 11 is 0. The molecule has 1 aromatic heterocycles. The minimum Gasteiger partial charge on any atom is -0.383 e. The van der Waals surface area contributed by atoms with E-state index < -0.39 is 11.6 Å². The molecule has 1 heterocycles. The van der Waals surface area contributed by atoms with Crippen LogP contribution in [-0.4, -0.2) is 23.2 Å². The van der Waals surface area contributed by atoms with Crippen LogP contribution in [0.5, 0.6) is 0 Å². The lowest BCUT2D eigenvalue weighted by Crippen LogP contribution is -2.06.